The predicted molar refractivity (Wildman–Crippen MR) is 82.9 cm³/mol. The fourth-order valence-corrected chi connectivity index (χ4v) is 2.64. The van der Waals surface area contributed by atoms with Crippen LogP contribution in [0.3, 0.4) is 0 Å². The van der Waals surface area contributed by atoms with E-state index in [0.29, 0.717) is 6.54 Å². The van der Waals surface area contributed by atoms with Crippen molar-refractivity contribution in [3.05, 3.63) is 70.0 Å². The number of hydrogen-bond acceptors (Lipinski definition) is 1. The highest BCUT2D eigenvalue weighted by Crippen LogP contribution is 2.19. The molecule has 2 aromatic rings. The molecule has 0 aromatic heterocycles. The van der Waals surface area contributed by atoms with Gasteiger partial charge in [-0.05, 0) is 49.6 Å². The minimum atomic E-state index is -0.266. The molecule has 2 aromatic carbocycles. The number of carbonyl (C=O) groups is 1. The average molecular weight is 285 g/mol. The van der Waals surface area contributed by atoms with Crippen molar-refractivity contribution in [2.24, 2.45) is 0 Å². The minimum absolute atomic E-state index is 0.00525. The first-order valence-electron chi connectivity index (χ1n) is 6.96. The first-order chi connectivity index (χ1) is 9.88. The van der Waals surface area contributed by atoms with Gasteiger partial charge in [-0.1, -0.05) is 29.8 Å². The number of carbonyl (C=O) groups excluding carboxylic acids is 1. The van der Waals surface area contributed by atoms with Gasteiger partial charge in [0.05, 0.1) is 0 Å². The molecule has 0 aliphatic rings. The zero-order valence-electron chi connectivity index (χ0n) is 12.9. The van der Waals surface area contributed by atoms with Gasteiger partial charge in [0.15, 0.2) is 0 Å². The van der Waals surface area contributed by atoms with Gasteiger partial charge in [-0.2, -0.15) is 0 Å². The third-order valence-corrected chi connectivity index (χ3v) is 3.57. The summed E-state index contributed by atoms with van der Waals surface area (Å²) in [5, 5.41) is 0. The fourth-order valence-electron chi connectivity index (χ4n) is 2.64. The summed E-state index contributed by atoms with van der Waals surface area (Å²) in [5.41, 5.74) is 4.80. The van der Waals surface area contributed by atoms with Crippen LogP contribution in [0.4, 0.5) is 4.39 Å². The van der Waals surface area contributed by atoms with E-state index in [4.69, 9.17) is 0 Å². The van der Waals surface area contributed by atoms with Crippen LogP contribution in [0, 0.1) is 26.6 Å². The zero-order chi connectivity index (χ0) is 15.6. The Bertz CT molecular complexity index is 638. The Morgan fingerprint density at radius 2 is 1.57 bits per heavy atom. The molecule has 0 atom stereocenters. The van der Waals surface area contributed by atoms with Crippen molar-refractivity contribution in [2.75, 3.05) is 7.05 Å². The number of amides is 1. The summed E-state index contributed by atoms with van der Waals surface area (Å²) < 4.78 is 12.9. The van der Waals surface area contributed by atoms with Gasteiger partial charge in [0, 0.05) is 19.2 Å². The molecule has 0 fully saturated rings. The molecule has 2 nitrogen and oxygen atoms in total. The number of rotatable bonds is 3. The minimum Gasteiger partial charge on any atom is -0.337 e. The molecule has 21 heavy (non-hydrogen) atoms. The van der Waals surface area contributed by atoms with Gasteiger partial charge in [-0.15, -0.1) is 0 Å². The Labute approximate surface area is 125 Å². The normalized spacial score (nSPS) is 10.5. The molecule has 0 radical (unpaired) electrons. The van der Waals surface area contributed by atoms with Crippen LogP contribution in [0.5, 0.6) is 0 Å². The highest BCUT2D eigenvalue weighted by molar-refractivity contribution is 5.97. The van der Waals surface area contributed by atoms with Crippen LogP contribution in [0.25, 0.3) is 0 Å². The molecule has 0 saturated heterocycles. The van der Waals surface area contributed by atoms with E-state index in [1.165, 1.54) is 12.1 Å². The molecular formula is C18H20FNO. The van der Waals surface area contributed by atoms with E-state index < -0.39 is 0 Å². The Morgan fingerprint density at radius 1 is 1.05 bits per heavy atom. The number of nitrogens with zero attached hydrogens (tertiary/aromatic N) is 1. The van der Waals surface area contributed by atoms with E-state index in [2.05, 4.69) is 0 Å². The average Bonchev–Trinajstić information content (AvgIpc) is 2.40. The van der Waals surface area contributed by atoms with Crippen molar-refractivity contribution in [1.82, 2.24) is 4.90 Å². The van der Waals surface area contributed by atoms with Crippen LogP contribution < -0.4 is 0 Å². The van der Waals surface area contributed by atoms with Crippen molar-refractivity contribution < 1.29 is 9.18 Å². The topological polar surface area (TPSA) is 20.3 Å². The molecule has 2 rings (SSSR count). The van der Waals surface area contributed by atoms with E-state index in [-0.39, 0.29) is 11.7 Å². The summed E-state index contributed by atoms with van der Waals surface area (Å²) in [6.45, 7) is 6.40. The van der Waals surface area contributed by atoms with Crippen LogP contribution in [-0.4, -0.2) is 17.9 Å². The predicted octanol–water partition coefficient (Wildman–Crippen LogP) is 4.02. The Balaban J connectivity index is 2.22. The summed E-state index contributed by atoms with van der Waals surface area (Å²) >= 11 is 0. The molecule has 110 valence electrons. The van der Waals surface area contributed by atoms with Gasteiger partial charge in [0.25, 0.3) is 5.91 Å². The van der Waals surface area contributed by atoms with E-state index in [9.17, 15) is 9.18 Å². The molecule has 0 spiro atoms. The van der Waals surface area contributed by atoms with Crippen LogP contribution in [0.15, 0.2) is 36.4 Å². The Hall–Kier alpha value is -2.16. The molecule has 0 saturated carbocycles. The molecule has 0 bridgehead atoms. The third-order valence-electron chi connectivity index (χ3n) is 3.57. The summed E-state index contributed by atoms with van der Waals surface area (Å²) in [5.74, 6) is -0.271. The van der Waals surface area contributed by atoms with Gasteiger partial charge in [0.2, 0.25) is 0 Å². The molecule has 1 amide bonds. The number of aryl methyl sites for hydroxylation is 3. The monoisotopic (exact) mass is 285 g/mol. The lowest BCUT2D eigenvalue weighted by Crippen LogP contribution is -2.27. The van der Waals surface area contributed by atoms with Gasteiger partial charge in [-0.25, -0.2) is 4.39 Å². The molecule has 0 aliphatic heterocycles. The standard InChI is InChI=1S/C18H20FNO/c1-12-9-13(2)17(14(3)10-12)18(21)20(4)11-15-5-7-16(19)8-6-15/h5-10H,11H2,1-4H3. The lowest BCUT2D eigenvalue weighted by atomic mass is 9.98. The van der Waals surface area contributed by atoms with E-state index in [1.807, 2.05) is 32.9 Å². The van der Waals surface area contributed by atoms with Crippen molar-refractivity contribution in [3.63, 3.8) is 0 Å². The van der Waals surface area contributed by atoms with Crippen molar-refractivity contribution in [2.45, 2.75) is 27.3 Å². The molecule has 3 heteroatoms. The quantitative estimate of drug-likeness (QED) is 0.834. The largest absolute Gasteiger partial charge is 0.337 e. The lowest BCUT2D eigenvalue weighted by molar-refractivity contribution is 0.0783. The first-order valence-corrected chi connectivity index (χ1v) is 6.96. The second kappa shape index (κ2) is 6.08. The van der Waals surface area contributed by atoms with Crippen molar-refractivity contribution in [3.8, 4) is 0 Å². The van der Waals surface area contributed by atoms with Gasteiger partial charge in [-0.3, -0.25) is 4.79 Å². The second-order valence-corrected chi connectivity index (χ2v) is 5.56. The summed E-state index contributed by atoms with van der Waals surface area (Å²) in [6, 6.07) is 10.3. The second-order valence-electron chi connectivity index (χ2n) is 5.56. The Kier molecular flexibility index (Phi) is 4.41. The van der Waals surface area contributed by atoms with Gasteiger partial charge < -0.3 is 4.90 Å². The van der Waals surface area contributed by atoms with E-state index in [0.717, 1.165) is 27.8 Å². The zero-order valence-corrected chi connectivity index (χ0v) is 12.9. The number of hydrogen-bond donors (Lipinski definition) is 0. The Morgan fingerprint density at radius 3 is 2.10 bits per heavy atom. The van der Waals surface area contributed by atoms with Crippen LogP contribution in [0.1, 0.15) is 32.6 Å². The molecule has 0 heterocycles. The SMILES string of the molecule is Cc1cc(C)c(C(=O)N(C)Cc2ccc(F)cc2)c(C)c1. The van der Waals surface area contributed by atoms with Crippen molar-refractivity contribution >= 4 is 5.91 Å². The maximum absolute atomic E-state index is 12.9. The van der Waals surface area contributed by atoms with Crippen LogP contribution in [0.2, 0.25) is 0 Å². The molecule has 0 unspecified atom stereocenters. The molecule has 0 N–H and O–H groups in total. The van der Waals surface area contributed by atoms with Gasteiger partial charge >= 0.3 is 0 Å². The highest BCUT2D eigenvalue weighted by Gasteiger charge is 2.17. The molecule has 0 aliphatic carbocycles. The van der Waals surface area contributed by atoms with E-state index in [1.54, 1.807) is 24.1 Å². The smallest absolute Gasteiger partial charge is 0.254 e. The number of halogens is 1. The third kappa shape index (κ3) is 3.48. The fraction of sp³-hybridized carbons (Fsp3) is 0.278. The lowest BCUT2D eigenvalue weighted by Gasteiger charge is -2.20. The summed E-state index contributed by atoms with van der Waals surface area (Å²) in [4.78, 5) is 14.3. The van der Waals surface area contributed by atoms with Crippen LogP contribution >= 0.6 is 0 Å². The highest BCUT2D eigenvalue weighted by atomic mass is 19.1. The number of benzene rings is 2. The van der Waals surface area contributed by atoms with Crippen molar-refractivity contribution in [1.29, 1.82) is 0 Å². The maximum Gasteiger partial charge on any atom is 0.254 e. The first kappa shape index (κ1) is 15.2. The van der Waals surface area contributed by atoms with Gasteiger partial charge in [0.1, 0.15) is 5.82 Å². The summed E-state index contributed by atoms with van der Waals surface area (Å²) in [6.07, 6.45) is 0. The van der Waals surface area contributed by atoms with E-state index >= 15 is 0 Å². The van der Waals surface area contributed by atoms with Crippen LogP contribution in [-0.2, 0) is 6.54 Å². The molecular weight excluding hydrogens is 265 g/mol. The summed E-state index contributed by atoms with van der Waals surface area (Å²) in [7, 11) is 1.77. The maximum atomic E-state index is 12.9.